The number of thiophene rings is 1. The van der Waals surface area contributed by atoms with Crippen LogP contribution in [-0.2, 0) is 13.0 Å². The summed E-state index contributed by atoms with van der Waals surface area (Å²) in [6.07, 6.45) is 2.15. The summed E-state index contributed by atoms with van der Waals surface area (Å²) < 4.78 is 5.74. The Bertz CT molecular complexity index is 450. The molecule has 0 bridgehead atoms. The Kier molecular flexibility index (Phi) is 5.92. The first-order valence-corrected chi connectivity index (χ1v) is 7.76. The summed E-state index contributed by atoms with van der Waals surface area (Å²) >= 11 is 1.73. The summed E-state index contributed by atoms with van der Waals surface area (Å²) in [5, 5.41) is 7.67. The molecule has 1 aromatic heterocycles. The van der Waals surface area contributed by atoms with Gasteiger partial charge in [-0.1, -0.05) is 19.1 Å². The molecule has 0 unspecified atom stereocenters. The van der Waals surface area contributed by atoms with Gasteiger partial charge in [0.15, 0.2) is 0 Å². The normalized spacial score (nSPS) is 10.6. The van der Waals surface area contributed by atoms with Crippen LogP contribution in [0.4, 0.5) is 0 Å². The number of hydrogen-bond acceptors (Lipinski definition) is 3. The van der Waals surface area contributed by atoms with Crippen LogP contribution in [0.2, 0.25) is 0 Å². The molecule has 2 aromatic rings. The van der Waals surface area contributed by atoms with Crippen molar-refractivity contribution in [2.75, 3.05) is 13.2 Å². The van der Waals surface area contributed by atoms with Crippen LogP contribution in [0, 0.1) is 0 Å². The van der Waals surface area contributed by atoms with Crippen LogP contribution in [0.1, 0.15) is 24.5 Å². The lowest BCUT2D eigenvalue weighted by Gasteiger charge is -2.07. The standard InChI is InChI=1S/C16H21NOS/c1-2-9-17-12-14-3-5-16(6-4-14)18-10-7-15-8-11-19-13-15/h3-6,8,11,13,17H,2,7,9-10,12H2,1H3. The Morgan fingerprint density at radius 1 is 1.11 bits per heavy atom. The smallest absolute Gasteiger partial charge is 0.119 e. The lowest BCUT2D eigenvalue weighted by molar-refractivity contribution is 0.322. The molecule has 2 rings (SSSR count). The number of nitrogens with one attached hydrogen (secondary N) is 1. The second-order valence-corrected chi connectivity index (χ2v) is 5.33. The summed E-state index contributed by atoms with van der Waals surface area (Å²) in [4.78, 5) is 0. The molecule has 0 fully saturated rings. The van der Waals surface area contributed by atoms with Crippen LogP contribution in [0.5, 0.6) is 5.75 Å². The van der Waals surface area contributed by atoms with Gasteiger partial charge in [-0.2, -0.15) is 11.3 Å². The third-order valence-corrected chi connectivity index (χ3v) is 3.65. The first-order valence-electron chi connectivity index (χ1n) is 6.82. The Hall–Kier alpha value is -1.32. The van der Waals surface area contributed by atoms with Gasteiger partial charge in [0, 0.05) is 13.0 Å². The molecule has 0 spiro atoms. The van der Waals surface area contributed by atoms with Crippen LogP contribution >= 0.6 is 11.3 Å². The zero-order chi connectivity index (χ0) is 13.3. The van der Waals surface area contributed by atoms with E-state index in [1.54, 1.807) is 11.3 Å². The lowest BCUT2D eigenvalue weighted by atomic mass is 10.2. The second-order valence-electron chi connectivity index (χ2n) is 4.55. The molecule has 0 radical (unpaired) electrons. The van der Waals surface area contributed by atoms with Gasteiger partial charge in [-0.05, 0) is 53.1 Å². The van der Waals surface area contributed by atoms with E-state index in [2.05, 4.69) is 53.3 Å². The molecule has 1 aromatic carbocycles. The van der Waals surface area contributed by atoms with Gasteiger partial charge < -0.3 is 10.1 Å². The third-order valence-electron chi connectivity index (χ3n) is 2.92. The first kappa shape index (κ1) is 14.1. The summed E-state index contributed by atoms with van der Waals surface area (Å²) in [7, 11) is 0. The second kappa shape index (κ2) is 7.97. The molecule has 0 aliphatic rings. The van der Waals surface area contributed by atoms with E-state index in [-0.39, 0.29) is 0 Å². The highest BCUT2D eigenvalue weighted by Gasteiger charge is 1.97. The van der Waals surface area contributed by atoms with Crippen LogP contribution in [0.3, 0.4) is 0 Å². The molecule has 0 atom stereocenters. The first-order chi connectivity index (χ1) is 9.38. The highest BCUT2D eigenvalue weighted by Crippen LogP contribution is 2.13. The van der Waals surface area contributed by atoms with Crippen molar-refractivity contribution in [2.24, 2.45) is 0 Å². The number of ether oxygens (including phenoxy) is 1. The summed E-state index contributed by atoms with van der Waals surface area (Å²) in [6.45, 7) is 4.92. The van der Waals surface area contributed by atoms with E-state index >= 15 is 0 Å². The molecule has 19 heavy (non-hydrogen) atoms. The fourth-order valence-electron chi connectivity index (χ4n) is 1.83. The average Bonchev–Trinajstić information content (AvgIpc) is 2.94. The van der Waals surface area contributed by atoms with Gasteiger partial charge in [0.2, 0.25) is 0 Å². The van der Waals surface area contributed by atoms with Crippen LogP contribution in [0.15, 0.2) is 41.1 Å². The van der Waals surface area contributed by atoms with E-state index in [4.69, 9.17) is 4.74 Å². The lowest BCUT2D eigenvalue weighted by Crippen LogP contribution is -2.13. The summed E-state index contributed by atoms with van der Waals surface area (Å²) in [5.41, 5.74) is 2.66. The molecule has 2 nitrogen and oxygen atoms in total. The van der Waals surface area contributed by atoms with E-state index in [0.29, 0.717) is 0 Å². The molecule has 0 saturated heterocycles. The molecule has 0 saturated carbocycles. The van der Waals surface area contributed by atoms with Crippen LogP contribution in [0.25, 0.3) is 0 Å². The third kappa shape index (κ3) is 5.05. The molecule has 0 aliphatic heterocycles. The molecule has 0 aliphatic carbocycles. The zero-order valence-electron chi connectivity index (χ0n) is 11.4. The fourth-order valence-corrected chi connectivity index (χ4v) is 2.54. The van der Waals surface area contributed by atoms with E-state index in [1.165, 1.54) is 17.5 Å². The predicted molar refractivity (Wildman–Crippen MR) is 82.0 cm³/mol. The molecule has 0 amide bonds. The van der Waals surface area contributed by atoms with Crippen molar-refractivity contribution >= 4 is 11.3 Å². The SMILES string of the molecule is CCCNCc1ccc(OCCc2ccsc2)cc1. The Labute approximate surface area is 119 Å². The molecule has 102 valence electrons. The zero-order valence-corrected chi connectivity index (χ0v) is 12.2. The Morgan fingerprint density at radius 2 is 1.95 bits per heavy atom. The molecular formula is C16H21NOS. The minimum absolute atomic E-state index is 0.740. The van der Waals surface area contributed by atoms with Crippen LogP contribution in [-0.4, -0.2) is 13.2 Å². The van der Waals surface area contributed by atoms with Crippen molar-refractivity contribution in [2.45, 2.75) is 26.3 Å². The van der Waals surface area contributed by atoms with Gasteiger partial charge >= 0.3 is 0 Å². The molecule has 1 N–H and O–H groups in total. The fraction of sp³-hybridized carbons (Fsp3) is 0.375. The van der Waals surface area contributed by atoms with Crippen molar-refractivity contribution < 1.29 is 4.74 Å². The minimum Gasteiger partial charge on any atom is -0.493 e. The summed E-state index contributed by atoms with van der Waals surface area (Å²) in [6, 6.07) is 10.5. The maximum atomic E-state index is 5.74. The minimum atomic E-state index is 0.740. The van der Waals surface area contributed by atoms with Crippen molar-refractivity contribution in [3.05, 3.63) is 52.2 Å². The van der Waals surface area contributed by atoms with Gasteiger partial charge in [0.25, 0.3) is 0 Å². The molecule has 3 heteroatoms. The highest BCUT2D eigenvalue weighted by atomic mass is 32.1. The maximum absolute atomic E-state index is 5.74. The van der Waals surface area contributed by atoms with Gasteiger partial charge in [0.05, 0.1) is 6.61 Å². The van der Waals surface area contributed by atoms with Crippen molar-refractivity contribution in [1.29, 1.82) is 0 Å². The predicted octanol–water partition coefficient (Wildman–Crippen LogP) is 3.87. The van der Waals surface area contributed by atoms with Crippen LogP contribution < -0.4 is 10.1 Å². The Balaban J connectivity index is 1.72. The summed E-state index contributed by atoms with van der Waals surface area (Å²) in [5.74, 6) is 0.953. The van der Waals surface area contributed by atoms with Crippen molar-refractivity contribution in [3.8, 4) is 5.75 Å². The average molecular weight is 275 g/mol. The topological polar surface area (TPSA) is 21.3 Å². The molecular weight excluding hydrogens is 254 g/mol. The largest absolute Gasteiger partial charge is 0.493 e. The monoisotopic (exact) mass is 275 g/mol. The van der Waals surface area contributed by atoms with Crippen molar-refractivity contribution in [1.82, 2.24) is 5.32 Å². The number of rotatable bonds is 8. The van der Waals surface area contributed by atoms with Gasteiger partial charge in [0.1, 0.15) is 5.75 Å². The van der Waals surface area contributed by atoms with E-state index in [9.17, 15) is 0 Å². The Morgan fingerprint density at radius 3 is 2.63 bits per heavy atom. The van der Waals surface area contributed by atoms with Gasteiger partial charge in [-0.15, -0.1) is 0 Å². The van der Waals surface area contributed by atoms with E-state index in [0.717, 1.165) is 31.9 Å². The maximum Gasteiger partial charge on any atom is 0.119 e. The molecule has 1 heterocycles. The van der Waals surface area contributed by atoms with Gasteiger partial charge in [-0.3, -0.25) is 0 Å². The van der Waals surface area contributed by atoms with E-state index < -0.39 is 0 Å². The highest BCUT2D eigenvalue weighted by molar-refractivity contribution is 7.07. The number of benzene rings is 1. The van der Waals surface area contributed by atoms with Crippen molar-refractivity contribution in [3.63, 3.8) is 0 Å². The van der Waals surface area contributed by atoms with Gasteiger partial charge in [-0.25, -0.2) is 0 Å². The number of hydrogen-bond donors (Lipinski definition) is 1. The van der Waals surface area contributed by atoms with E-state index in [1.807, 2.05) is 0 Å². The quantitative estimate of drug-likeness (QED) is 0.738.